The number of hydrogen-bond acceptors (Lipinski definition) is 3. The topological polar surface area (TPSA) is 38.3 Å². The van der Waals surface area contributed by atoms with E-state index in [9.17, 15) is 4.79 Å². The third-order valence-corrected chi connectivity index (χ3v) is 2.89. The number of fused-ring (bicyclic) bond motifs is 2. The molecular weight excluding hydrogens is 178 g/mol. The molecule has 0 saturated carbocycles. The first-order chi connectivity index (χ1) is 6.84. The number of esters is 1. The zero-order chi connectivity index (χ0) is 9.54. The normalized spacial score (nSPS) is 18.7. The summed E-state index contributed by atoms with van der Waals surface area (Å²) in [5.41, 5.74) is 4.41. The zero-order valence-electron chi connectivity index (χ0n) is 7.80. The Morgan fingerprint density at radius 1 is 1.21 bits per heavy atom. The van der Waals surface area contributed by atoms with Crippen LogP contribution in [0.1, 0.15) is 27.0 Å². The molecule has 2 aliphatic heterocycles. The molecule has 0 radical (unpaired) electrons. The van der Waals surface area contributed by atoms with Crippen molar-refractivity contribution in [3.05, 3.63) is 34.4 Å². The van der Waals surface area contributed by atoms with Gasteiger partial charge >= 0.3 is 5.97 Å². The Kier molecular flexibility index (Phi) is 1.61. The highest BCUT2D eigenvalue weighted by atomic mass is 16.5. The lowest BCUT2D eigenvalue weighted by atomic mass is 9.95. The molecule has 0 amide bonds. The quantitative estimate of drug-likeness (QED) is 0.619. The fourth-order valence-electron chi connectivity index (χ4n) is 2.11. The van der Waals surface area contributed by atoms with Gasteiger partial charge in [-0.3, -0.25) is 0 Å². The first-order valence-electron chi connectivity index (χ1n) is 4.87. The third-order valence-electron chi connectivity index (χ3n) is 2.89. The van der Waals surface area contributed by atoms with Crippen LogP contribution >= 0.6 is 0 Å². The molecule has 2 aliphatic rings. The van der Waals surface area contributed by atoms with E-state index in [2.05, 4.69) is 11.4 Å². The molecule has 0 bridgehead atoms. The average Bonchev–Trinajstić information content (AvgIpc) is 2.57. The van der Waals surface area contributed by atoms with Gasteiger partial charge in [-0.25, -0.2) is 4.79 Å². The summed E-state index contributed by atoms with van der Waals surface area (Å²) in [5.74, 6) is -0.173. The van der Waals surface area contributed by atoms with Gasteiger partial charge in [-0.05, 0) is 30.2 Å². The Morgan fingerprint density at radius 3 is 3.07 bits per heavy atom. The van der Waals surface area contributed by atoms with E-state index in [-0.39, 0.29) is 5.97 Å². The van der Waals surface area contributed by atoms with Crippen molar-refractivity contribution in [2.75, 3.05) is 6.54 Å². The molecule has 0 fully saturated rings. The Morgan fingerprint density at radius 2 is 2.14 bits per heavy atom. The van der Waals surface area contributed by atoms with E-state index < -0.39 is 0 Å². The van der Waals surface area contributed by atoms with Crippen molar-refractivity contribution in [2.24, 2.45) is 0 Å². The lowest BCUT2D eigenvalue weighted by molar-refractivity contribution is 0.0535. The van der Waals surface area contributed by atoms with Gasteiger partial charge < -0.3 is 10.1 Å². The van der Waals surface area contributed by atoms with E-state index in [1.54, 1.807) is 0 Å². The Bertz CT molecular complexity index is 412. The second-order valence-corrected chi connectivity index (χ2v) is 3.78. The Labute approximate surface area is 82.1 Å². The lowest BCUT2D eigenvalue weighted by Crippen LogP contribution is -2.23. The number of carbonyl (C=O) groups excluding carboxylic acids is 1. The molecule has 3 rings (SSSR count). The van der Waals surface area contributed by atoms with E-state index >= 15 is 0 Å². The Hall–Kier alpha value is -1.35. The van der Waals surface area contributed by atoms with Crippen LogP contribution in [0.2, 0.25) is 0 Å². The summed E-state index contributed by atoms with van der Waals surface area (Å²) < 4.78 is 4.98. The maximum atomic E-state index is 11.3. The summed E-state index contributed by atoms with van der Waals surface area (Å²) in [6, 6.07) is 4.10. The molecule has 2 heterocycles. The van der Waals surface area contributed by atoms with Crippen molar-refractivity contribution < 1.29 is 9.53 Å². The van der Waals surface area contributed by atoms with Crippen molar-refractivity contribution in [1.82, 2.24) is 5.32 Å². The highest BCUT2D eigenvalue weighted by molar-refractivity contribution is 5.93. The average molecular weight is 189 g/mol. The lowest BCUT2D eigenvalue weighted by Gasteiger charge is -2.17. The number of cyclic esters (lactones) is 1. The molecular formula is C11H11NO2. The summed E-state index contributed by atoms with van der Waals surface area (Å²) >= 11 is 0. The highest BCUT2D eigenvalue weighted by Crippen LogP contribution is 2.25. The standard InChI is InChI=1S/C11H11NO2/c13-11-10-4-8-5-12-2-1-7(8)3-9(10)6-14-11/h3-4,12H,1-2,5-6H2. The first-order valence-corrected chi connectivity index (χ1v) is 4.87. The van der Waals surface area contributed by atoms with Crippen molar-refractivity contribution in [1.29, 1.82) is 0 Å². The third kappa shape index (κ3) is 1.06. The first kappa shape index (κ1) is 8.00. The van der Waals surface area contributed by atoms with Crippen molar-refractivity contribution in [2.45, 2.75) is 19.6 Å². The van der Waals surface area contributed by atoms with Gasteiger partial charge in [0.2, 0.25) is 0 Å². The minimum Gasteiger partial charge on any atom is -0.457 e. The molecule has 0 atom stereocenters. The van der Waals surface area contributed by atoms with Crippen LogP contribution in [0.5, 0.6) is 0 Å². The number of ether oxygens (including phenoxy) is 1. The smallest absolute Gasteiger partial charge is 0.338 e. The predicted octanol–water partition coefficient (Wildman–Crippen LogP) is 1.00. The minimum absolute atomic E-state index is 0.173. The molecule has 3 heteroatoms. The molecule has 1 aromatic carbocycles. The minimum atomic E-state index is -0.173. The molecule has 0 unspecified atom stereocenters. The summed E-state index contributed by atoms with van der Waals surface area (Å²) in [6.07, 6.45) is 1.05. The molecule has 72 valence electrons. The van der Waals surface area contributed by atoms with Crippen LogP contribution in [-0.4, -0.2) is 12.5 Å². The monoisotopic (exact) mass is 189 g/mol. The van der Waals surface area contributed by atoms with E-state index in [0.29, 0.717) is 6.61 Å². The summed E-state index contributed by atoms with van der Waals surface area (Å²) in [5, 5.41) is 3.29. The summed E-state index contributed by atoms with van der Waals surface area (Å²) in [7, 11) is 0. The van der Waals surface area contributed by atoms with Crippen LogP contribution < -0.4 is 5.32 Å². The van der Waals surface area contributed by atoms with E-state index in [4.69, 9.17) is 4.74 Å². The number of carbonyl (C=O) groups is 1. The fraction of sp³-hybridized carbons (Fsp3) is 0.364. The van der Waals surface area contributed by atoms with E-state index in [1.165, 1.54) is 11.1 Å². The van der Waals surface area contributed by atoms with Gasteiger partial charge in [-0.1, -0.05) is 6.07 Å². The van der Waals surface area contributed by atoms with Crippen LogP contribution in [0.3, 0.4) is 0 Å². The Balaban J connectivity index is 2.15. The molecule has 3 nitrogen and oxygen atoms in total. The second-order valence-electron chi connectivity index (χ2n) is 3.78. The van der Waals surface area contributed by atoms with Gasteiger partial charge in [0.05, 0.1) is 5.56 Å². The number of rotatable bonds is 0. The predicted molar refractivity (Wildman–Crippen MR) is 51.0 cm³/mol. The molecule has 1 aromatic rings. The molecule has 0 saturated heterocycles. The molecule has 0 aromatic heterocycles. The summed E-state index contributed by atoms with van der Waals surface area (Å²) in [4.78, 5) is 11.3. The van der Waals surface area contributed by atoms with Crippen LogP contribution in [0.15, 0.2) is 12.1 Å². The van der Waals surface area contributed by atoms with Gasteiger partial charge in [0, 0.05) is 12.1 Å². The van der Waals surface area contributed by atoms with Crippen molar-refractivity contribution in [3.8, 4) is 0 Å². The van der Waals surface area contributed by atoms with Crippen molar-refractivity contribution in [3.63, 3.8) is 0 Å². The van der Waals surface area contributed by atoms with E-state index in [1.807, 2.05) is 6.07 Å². The number of benzene rings is 1. The highest BCUT2D eigenvalue weighted by Gasteiger charge is 2.23. The zero-order valence-corrected chi connectivity index (χ0v) is 7.80. The number of hydrogen-bond donors (Lipinski definition) is 1. The van der Waals surface area contributed by atoms with Gasteiger partial charge in [-0.2, -0.15) is 0 Å². The van der Waals surface area contributed by atoms with E-state index in [0.717, 1.165) is 30.6 Å². The van der Waals surface area contributed by atoms with Gasteiger partial charge in [0.25, 0.3) is 0 Å². The SMILES string of the molecule is O=C1OCc2cc3c(cc21)CNCC3. The maximum Gasteiger partial charge on any atom is 0.338 e. The summed E-state index contributed by atoms with van der Waals surface area (Å²) in [6.45, 7) is 2.35. The van der Waals surface area contributed by atoms with Gasteiger partial charge in [-0.15, -0.1) is 0 Å². The van der Waals surface area contributed by atoms with Gasteiger partial charge in [0.15, 0.2) is 0 Å². The van der Waals surface area contributed by atoms with Crippen LogP contribution in [0.4, 0.5) is 0 Å². The molecule has 1 N–H and O–H groups in total. The van der Waals surface area contributed by atoms with Crippen LogP contribution in [0.25, 0.3) is 0 Å². The fourth-order valence-corrected chi connectivity index (χ4v) is 2.11. The maximum absolute atomic E-state index is 11.3. The van der Waals surface area contributed by atoms with Crippen LogP contribution in [0, 0.1) is 0 Å². The number of nitrogens with one attached hydrogen (secondary N) is 1. The molecule has 14 heavy (non-hydrogen) atoms. The van der Waals surface area contributed by atoms with Gasteiger partial charge in [0.1, 0.15) is 6.61 Å². The van der Waals surface area contributed by atoms with Crippen LogP contribution in [-0.2, 0) is 24.3 Å². The largest absolute Gasteiger partial charge is 0.457 e. The molecule has 0 spiro atoms. The second kappa shape index (κ2) is 2.82. The molecule has 0 aliphatic carbocycles. The van der Waals surface area contributed by atoms with Crippen molar-refractivity contribution >= 4 is 5.97 Å².